The summed E-state index contributed by atoms with van der Waals surface area (Å²) in [6, 6.07) is 23.4. The van der Waals surface area contributed by atoms with E-state index in [1.165, 1.54) is 0 Å². The lowest BCUT2D eigenvalue weighted by Crippen LogP contribution is -2.49. The van der Waals surface area contributed by atoms with Crippen LogP contribution in [0.25, 0.3) is 22.0 Å². The number of aromatic nitrogens is 1. The van der Waals surface area contributed by atoms with Crippen LogP contribution in [0.5, 0.6) is 5.75 Å². The zero-order valence-corrected chi connectivity index (χ0v) is 20.1. The molecule has 3 N–H and O–H groups in total. The van der Waals surface area contributed by atoms with Crippen molar-refractivity contribution >= 4 is 28.3 Å². The highest BCUT2D eigenvalue weighted by molar-refractivity contribution is 6.01. The summed E-state index contributed by atoms with van der Waals surface area (Å²) < 4.78 is 12.4. The maximum absolute atomic E-state index is 12.7. The van der Waals surface area contributed by atoms with Crippen molar-refractivity contribution in [2.75, 3.05) is 23.7 Å². The van der Waals surface area contributed by atoms with Gasteiger partial charge in [-0.25, -0.2) is 4.79 Å². The topological polar surface area (TPSA) is 84.5 Å². The van der Waals surface area contributed by atoms with Gasteiger partial charge in [0.1, 0.15) is 5.75 Å². The second-order valence-corrected chi connectivity index (χ2v) is 9.39. The summed E-state index contributed by atoms with van der Waals surface area (Å²) >= 11 is 0. The van der Waals surface area contributed by atoms with E-state index in [2.05, 4.69) is 33.1 Å². The summed E-state index contributed by atoms with van der Waals surface area (Å²) in [5.41, 5.74) is 6.37. The van der Waals surface area contributed by atoms with Gasteiger partial charge in [-0.3, -0.25) is 4.98 Å². The Labute approximate surface area is 209 Å². The molecule has 7 heteroatoms. The number of rotatable bonds is 3. The van der Waals surface area contributed by atoms with E-state index in [1.807, 2.05) is 67.6 Å². The average Bonchev–Trinajstić information content (AvgIpc) is 2.89. The maximum Gasteiger partial charge on any atom is 0.323 e. The number of piperidine rings is 1. The molecule has 2 aliphatic heterocycles. The van der Waals surface area contributed by atoms with Crippen LogP contribution in [0.15, 0.2) is 72.8 Å². The van der Waals surface area contributed by atoms with E-state index in [0.29, 0.717) is 18.0 Å². The molecule has 0 saturated carbocycles. The molecule has 6 rings (SSSR count). The van der Waals surface area contributed by atoms with E-state index >= 15 is 0 Å². The maximum atomic E-state index is 12.7. The third kappa shape index (κ3) is 4.63. The van der Waals surface area contributed by atoms with Crippen LogP contribution in [-0.4, -0.2) is 29.9 Å². The van der Waals surface area contributed by atoms with Gasteiger partial charge in [0.15, 0.2) is 0 Å². The highest BCUT2D eigenvalue weighted by Crippen LogP contribution is 2.38. The SMILES string of the molecule is Cc1ccc2cc(NC(=O)Nc3cccc(-c4ccc5c(c4)COC4(CCNCC4)O5)c3)ccc2n1. The Morgan fingerprint density at radius 3 is 2.58 bits per heavy atom. The van der Waals surface area contributed by atoms with E-state index in [4.69, 9.17) is 9.47 Å². The molecule has 2 amide bonds. The number of nitrogens with zero attached hydrogens (tertiary/aromatic N) is 1. The second-order valence-electron chi connectivity index (χ2n) is 9.39. The van der Waals surface area contributed by atoms with Crippen molar-refractivity contribution in [2.24, 2.45) is 0 Å². The number of fused-ring (bicyclic) bond motifs is 2. The highest BCUT2D eigenvalue weighted by Gasteiger charge is 2.38. The third-order valence-corrected chi connectivity index (χ3v) is 6.75. The van der Waals surface area contributed by atoms with Gasteiger partial charge in [-0.05, 0) is 66.6 Å². The fourth-order valence-corrected chi connectivity index (χ4v) is 4.84. The van der Waals surface area contributed by atoms with Gasteiger partial charge in [-0.1, -0.05) is 24.3 Å². The molecule has 182 valence electrons. The van der Waals surface area contributed by atoms with Gasteiger partial charge in [0.2, 0.25) is 5.79 Å². The van der Waals surface area contributed by atoms with Crippen molar-refractivity contribution in [2.45, 2.75) is 32.2 Å². The summed E-state index contributed by atoms with van der Waals surface area (Å²) in [5, 5.41) is 10.2. The molecule has 0 aliphatic carbocycles. The van der Waals surface area contributed by atoms with E-state index < -0.39 is 5.79 Å². The molecule has 1 saturated heterocycles. The fourth-order valence-electron chi connectivity index (χ4n) is 4.84. The van der Waals surface area contributed by atoms with E-state index in [9.17, 15) is 4.79 Å². The van der Waals surface area contributed by atoms with Crippen molar-refractivity contribution in [3.63, 3.8) is 0 Å². The van der Waals surface area contributed by atoms with Crippen LogP contribution < -0.4 is 20.7 Å². The summed E-state index contributed by atoms with van der Waals surface area (Å²) in [4.78, 5) is 17.2. The Morgan fingerprint density at radius 2 is 1.72 bits per heavy atom. The molecule has 1 fully saturated rings. The smallest absolute Gasteiger partial charge is 0.323 e. The predicted molar refractivity (Wildman–Crippen MR) is 141 cm³/mol. The zero-order valence-electron chi connectivity index (χ0n) is 20.1. The molecule has 3 aromatic carbocycles. The lowest BCUT2D eigenvalue weighted by atomic mass is 9.99. The van der Waals surface area contributed by atoms with Gasteiger partial charge in [-0.2, -0.15) is 0 Å². The first-order valence-electron chi connectivity index (χ1n) is 12.3. The van der Waals surface area contributed by atoms with Crippen LogP contribution in [0, 0.1) is 6.92 Å². The molecule has 0 bridgehead atoms. The number of urea groups is 1. The summed E-state index contributed by atoms with van der Waals surface area (Å²) in [6.45, 7) is 4.30. The molecular formula is C29H28N4O3. The van der Waals surface area contributed by atoms with Gasteiger partial charge in [0, 0.05) is 53.9 Å². The third-order valence-electron chi connectivity index (χ3n) is 6.75. The Bertz CT molecular complexity index is 1450. The highest BCUT2D eigenvalue weighted by atomic mass is 16.7. The van der Waals surface area contributed by atoms with E-state index in [-0.39, 0.29) is 6.03 Å². The van der Waals surface area contributed by atoms with Gasteiger partial charge in [0.05, 0.1) is 12.1 Å². The van der Waals surface area contributed by atoms with Crippen molar-refractivity contribution in [3.8, 4) is 16.9 Å². The minimum Gasteiger partial charge on any atom is -0.462 e. The number of hydrogen-bond donors (Lipinski definition) is 3. The molecule has 0 radical (unpaired) electrons. The molecule has 7 nitrogen and oxygen atoms in total. The molecule has 36 heavy (non-hydrogen) atoms. The number of anilines is 2. The lowest BCUT2D eigenvalue weighted by molar-refractivity contribution is -0.218. The summed E-state index contributed by atoms with van der Waals surface area (Å²) in [6.07, 6.45) is 1.69. The number of ether oxygens (including phenoxy) is 2. The van der Waals surface area contributed by atoms with Crippen LogP contribution >= 0.6 is 0 Å². The van der Waals surface area contributed by atoms with E-state index in [1.54, 1.807) is 0 Å². The molecule has 0 atom stereocenters. The standard InChI is InChI=1S/C29H28N4O3/c1-19-5-6-22-17-25(8-9-26(22)31-19)33-28(34)32-24-4-2-3-20(16-24)21-7-10-27-23(15-21)18-35-29(36-27)11-13-30-14-12-29/h2-10,15-17,30H,11-14,18H2,1H3,(H2,32,33,34). The van der Waals surface area contributed by atoms with Gasteiger partial charge >= 0.3 is 6.03 Å². The predicted octanol–water partition coefficient (Wildman–Crippen LogP) is 5.84. The van der Waals surface area contributed by atoms with Crippen LogP contribution in [0.2, 0.25) is 0 Å². The zero-order chi connectivity index (χ0) is 24.5. The number of nitrogens with one attached hydrogen (secondary N) is 3. The van der Waals surface area contributed by atoms with Crippen LogP contribution in [0.3, 0.4) is 0 Å². The number of amides is 2. The quantitative estimate of drug-likeness (QED) is 0.343. The monoisotopic (exact) mass is 480 g/mol. The van der Waals surface area contributed by atoms with Crippen LogP contribution in [0.1, 0.15) is 24.1 Å². The van der Waals surface area contributed by atoms with Crippen molar-refractivity contribution in [3.05, 3.63) is 84.1 Å². The summed E-state index contributed by atoms with van der Waals surface area (Å²) in [7, 11) is 0. The minimum absolute atomic E-state index is 0.300. The molecule has 3 heterocycles. The number of carbonyl (C=O) groups excluding carboxylic acids is 1. The van der Waals surface area contributed by atoms with Gasteiger partial charge in [-0.15, -0.1) is 0 Å². The normalized spacial score (nSPS) is 16.2. The van der Waals surface area contributed by atoms with Crippen LogP contribution in [0.4, 0.5) is 16.2 Å². The first kappa shape index (κ1) is 22.5. The first-order valence-corrected chi connectivity index (χ1v) is 12.3. The minimum atomic E-state index is -0.503. The number of pyridine rings is 1. The molecule has 1 aromatic heterocycles. The van der Waals surface area contributed by atoms with Crippen molar-refractivity contribution in [1.82, 2.24) is 10.3 Å². The Balaban J connectivity index is 1.15. The Hall–Kier alpha value is -3.94. The van der Waals surface area contributed by atoms with Crippen molar-refractivity contribution in [1.29, 1.82) is 0 Å². The molecule has 0 unspecified atom stereocenters. The molecule has 2 aliphatic rings. The number of benzene rings is 3. The van der Waals surface area contributed by atoms with E-state index in [0.717, 1.165) is 65.0 Å². The fraction of sp³-hybridized carbons (Fsp3) is 0.241. The van der Waals surface area contributed by atoms with Gasteiger partial charge < -0.3 is 25.4 Å². The van der Waals surface area contributed by atoms with Gasteiger partial charge in [0.25, 0.3) is 0 Å². The largest absolute Gasteiger partial charge is 0.462 e. The van der Waals surface area contributed by atoms with Crippen LogP contribution in [-0.2, 0) is 11.3 Å². The summed E-state index contributed by atoms with van der Waals surface area (Å²) in [5.74, 6) is 0.388. The molecular weight excluding hydrogens is 452 g/mol. The van der Waals surface area contributed by atoms with Crippen molar-refractivity contribution < 1.29 is 14.3 Å². The Kier molecular flexibility index (Phi) is 5.79. The second kappa shape index (κ2) is 9.26. The molecule has 1 spiro atoms. The first-order chi connectivity index (χ1) is 17.6. The molecule has 4 aromatic rings. The number of aryl methyl sites for hydroxylation is 1. The average molecular weight is 481 g/mol. The Morgan fingerprint density at radius 1 is 0.917 bits per heavy atom. The number of hydrogen-bond acceptors (Lipinski definition) is 5. The number of carbonyl (C=O) groups is 1. The lowest BCUT2D eigenvalue weighted by Gasteiger charge is -2.41.